The molecule has 0 saturated heterocycles. The highest BCUT2D eigenvalue weighted by molar-refractivity contribution is 6.03. The van der Waals surface area contributed by atoms with Crippen LogP contribution in [0.15, 0.2) is 60.7 Å². The monoisotopic (exact) mass is 361 g/mol. The van der Waals surface area contributed by atoms with Gasteiger partial charge in [0.15, 0.2) is 0 Å². The van der Waals surface area contributed by atoms with E-state index in [1.807, 2.05) is 36.4 Å². The Bertz CT molecular complexity index is 974. The predicted octanol–water partition coefficient (Wildman–Crippen LogP) is 3.79. The fraction of sp³-hybridized carbons (Fsp3) is 0.190. The van der Waals surface area contributed by atoms with Gasteiger partial charge in [-0.15, -0.1) is 0 Å². The summed E-state index contributed by atoms with van der Waals surface area (Å²) in [5, 5.41) is 7.52. The molecule has 1 amide bonds. The molecule has 136 valence electrons. The maximum absolute atomic E-state index is 12.9. The van der Waals surface area contributed by atoms with Gasteiger partial charge in [-0.2, -0.15) is 5.10 Å². The first-order valence-corrected chi connectivity index (χ1v) is 8.81. The van der Waals surface area contributed by atoms with Crippen molar-refractivity contribution in [1.82, 2.24) is 9.78 Å². The number of hydrogen-bond acceptors (Lipinski definition) is 4. The van der Waals surface area contributed by atoms with Crippen molar-refractivity contribution in [3.8, 4) is 5.69 Å². The van der Waals surface area contributed by atoms with E-state index in [-0.39, 0.29) is 5.91 Å². The molecular formula is C21H19N3O3. The average molecular weight is 361 g/mol. The van der Waals surface area contributed by atoms with Gasteiger partial charge in [-0.1, -0.05) is 18.2 Å². The molecule has 3 aromatic rings. The second-order valence-corrected chi connectivity index (χ2v) is 6.50. The lowest BCUT2D eigenvalue weighted by molar-refractivity contribution is 0.0600. The lowest BCUT2D eigenvalue weighted by Crippen LogP contribution is -2.17. The van der Waals surface area contributed by atoms with Crippen molar-refractivity contribution < 1.29 is 14.3 Å². The van der Waals surface area contributed by atoms with Crippen molar-refractivity contribution >= 4 is 17.6 Å². The first kappa shape index (κ1) is 17.0. The summed E-state index contributed by atoms with van der Waals surface area (Å²) >= 11 is 0. The molecule has 0 aliphatic heterocycles. The molecule has 27 heavy (non-hydrogen) atoms. The van der Waals surface area contributed by atoms with Crippen molar-refractivity contribution in [2.75, 3.05) is 12.4 Å². The summed E-state index contributed by atoms with van der Waals surface area (Å²) in [6.45, 7) is 0. The standard InChI is InChI=1S/C21H19N3O3/c1-27-21(26)15-9-11-16(12-10-15)22-20(25)19-13-18(14-7-8-14)23-24(19)17-5-3-2-4-6-17/h2-6,9-14H,7-8H2,1H3,(H,22,25). The minimum Gasteiger partial charge on any atom is -0.465 e. The molecule has 0 spiro atoms. The number of hydrogen-bond donors (Lipinski definition) is 1. The van der Waals surface area contributed by atoms with E-state index in [4.69, 9.17) is 0 Å². The normalized spacial score (nSPS) is 13.2. The number of carbonyl (C=O) groups is 2. The van der Waals surface area contributed by atoms with E-state index in [1.165, 1.54) is 7.11 Å². The minimum atomic E-state index is -0.413. The van der Waals surface area contributed by atoms with Crippen LogP contribution in [0.25, 0.3) is 5.69 Å². The number of ether oxygens (including phenoxy) is 1. The van der Waals surface area contributed by atoms with Crippen LogP contribution in [0.4, 0.5) is 5.69 Å². The Morgan fingerprint density at radius 1 is 1.07 bits per heavy atom. The van der Waals surface area contributed by atoms with E-state index < -0.39 is 5.97 Å². The first-order chi connectivity index (χ1) is 13.2. The topological polar surface area (TPSA) is 73.2 Å². The van der Waals surface area contributed by atoms with E-state index >= 15 is 0 Å². The van der Waals surface area contributed by atoms with Crippen molar-refractivity contribution in [3.63, 3.8) is 0 Å². The van der Waals surface area contributed by atoms with Crippen molar-refractivity contribution in [3.05, 3.63) is 77.6 Å². The fourth-order valence-corrected chi connectivity index (χ4v) is 2.91. The third-order valence-corrected chi connectivity index (χ3v) is 4.52. The quantitative estimate of drug-likeness (QED) is 0.702. The summed E-state index contributed by atoms with van der Waals surface area (Å²) in [5.41, 5.74) is 3.31. The molecule has 6 heteroatoms. The average Bonchev–Trinajstić information content (AvgIpc) is 3.46. The molecule has 0 bridgehead atoms. The third-order valence-electron chi connectivity index (χ3n) is 4.52. The van der Waals surface area contributed by atoms with Gasteiger partial charge in [0.05, 0.1) is 24.1 Å². The molecule has 1 aliphatic carbocycles. The molecule has 1 N–H and O–H groups in total. The zero-order chi connectivity index (χ0) is 18.8. The number of rotatable bonds is 5. The van der Waals surface area contributed by atoms with Gasteiger partial charge in [-0.3, -0.25) is 4.79 Å². The van der Waals surface area contributed by atoms with E-state index in [0.717, 1.165) is 24.2 Å². The molecule has 1 heterocycles. The molecule has 4 rings (SSSR count). The Kier molecular flexibility index (Phi) is 4.46. The fourth-order valence-electron chi connectivity index (χ4n) is 2.91. The molecule has 0 atom stereocenters. The third kappa shape index (κ3) is 3.60. The summed E-state index contributed by atoms with van der Waals surface area (Å²) < 4.78 is 6.37. The van der Waals surface area contributed by atoms with Gasteiger partial charge in [0.25, 0.3) is 5.91 Å². The Morgan fingerprint density at radius 3 is 2.41 bits per heavy atom. The lowest BCUT2D eigenvalue weighted by Gasteiger charge is -2.09. The summed E-state index contributed by atoms with van der Waals surface area (Å²) in [5.74, 6) is -0.214. The summed E-state index contributed by atoms with van der Waals surface area (Å²) in [7, 11) is 1.33. The van der Waals surface area contributed by atoms with Gasteiger partial charge in [0, 0.05) is 11.6 Å². The molecule has 0 radical (unpaired) electrons. The van der Waals surface area contributed by atoms with Gasteiger partial charge in [0.1, 0.15) is 5.69 Å². The molecular weight excluding hydrogens is 342 g/mol. The zero-order valence-electron chi connectivity index (χ0n) is 14.9. The van der Waals surface area contributed by atoms with Crippen LogP contribution in [0.2, 0.25) is 0 Å². The summed E-state index contributed by atoms with van der Waals surface area (Å²) in [4.78, 5) is 24.4. The predicted molar refractivity (Wildman–Crippen MR) is 101 cm³/mol. The minimum absolute atomic E-state index is 0.246. The maximum Gasteiger partial charge on any atom is 0.337 e. The van der Waals surface area contributed by atoms with Crippen molar-refractivity contribution in [2.24, 2.45) is 0 Å². The zero-order valence-corrected chi connectivity index (χ0v) is 14.9. The second-order valence-electron chi connectivity index (χ2n) is 6.50. The summed E-state index contributed by atoms with van der Waals surface area (Å²) in [6.07, 6.45) is 2.23. The number of nitrogens with one attached hydrogen (secondary N) is 1. The van der Waals surface area contributed by atoms with Crippen LogP contribution in [0.5, 0.6) is 0 Å². The van der Waals surface area contributed by atoms with Gasteiger partial charge in [-0.25, -0.2) is 9.48 Å². The van der Waals surface area contributed by atoms with Crippen molar-refractivity contribution in [2.45, 2.75) is 18.8 Å². The number of anilines is 1. The van der Waals surface area contributed by atoms with Crippen LogP contribution in [-0.2, 0) is 4.74 Å². The molecule has 0 unspecified atom stereocenters. The van der Waals surface area contributed by atoms with E-state index in [2.05, 4.69) is 15.2 Å². The molecule has 1 fully saturated rings. The summed E-state index contributed by atoms with van der Waals surface area (Å²) in [6, 6.07) is 18.1. The SMILES string of the molecule is COC(=O)c1ccc(NC(=O)c2cc(C3CC3)nn2-c2ccccc2)cc1. The lowest BCUT2D eigenvalue weighted by atomic mass is 10.2. The molecule has 6 nitrogen and oxygen atoms in total. The van der Waals surface area contributed by atoms with Crippen LogP contribution >= 0.6 is 0 Å². The molecule has 2 aromatic carbocycles. The molecule has 1 aliphatic rings. The first-order valence-electron chi connectivity index (χ1n) is 8.81. The Morgan fingerprint density at radius 2 is 1.78 bits per heavy atom. The number of carbonyl (C=O) groups excluding carboxylic acids is 2. The number of benzene rings is 2. The largest absolute Gasteiger partial charge is 0.465 e. The highest BCUT2D eigenvalue weighted by Crippen LogP contribution is 2.39. The number of amides is 1. The van der Waals surface area contributed by atoms with Gasteiger partial charge in [-0.05, 0) is 55.3 Å². The highest BCUT2D eigenvalue weighted by atomic mass is 16.5. The van der Waals surface area contributed by atoms with E-state index in [9.17, 15) is 9.59 Å². The Hall–Kier alpha value is -3.41. The second kappa shape index (κ2) is 7.07. The van der Waals surface area contributed by atoms with Crippen LogP contribution in [0, 0.1) is 0 Å². The number of aromatic nitrogens is 2. The van der Waals surface area contributed by atoms with Gasteiger partial charge in [0.2, 0.25) is 0 Å². The van der Waals surface area contributed by atoms with Crippen LogP contribution in [-0.4, -0.2) is 28.8 Å². The Balaban J connectivity index is 1.60. The number of para-hydroxylation sites is 1. The van der Waals surface area contributed by atoms with Crippen molar-refractivity contribution in [1.29, 1.82) is 0 Å². The van der Waals surface area contributed by atoms with Crippen LogP contribution < -0.4 is 5.32 Å². The van der Waals surface area contributed by atoms with E-state index in [1.54, 1.807) is 28.9 Å². The van der Waals surface area contributed by atoms with E-state index in [0.29, 0.717) is 22.9 Å². The smallest absolute Gasteiger partial charge is 0.337 e. The van der Waals surface area contributed by atoms with Gasteiger partial charge >= 0.3 is 5.97 Å². The van der Waals surface area contributed by atoms with Gasteiger partial charge < -0.3 is 10.1 Å². The number of esters is 1. The Labute approximate surface area is 156 Å². The number of methoxy groups -OCH3 is 1. The van der Waals surface area contributed by atoms with Crippen LogP contribution in [0.1, 0.15) is 45.3 Å². The number of nitrogens with zero attached hydrogens (tertiary/aromatic N) is 2. The molecule has 1 aromatic heterocycles. The highest BCUT2D eigenvalue weighted by Gasteiger charge is 2.29. The maximum atomic E-state index is 12.9. The molecule has 1 saturated carbocycles. The van der Waals surface area contributed by atoms with Crippen LogP contribution in [0.3, 0.4) is 0 Å².